The van der Waals surface area contributed by atoms with Gasteiger partial charge in [-0.2, -0.15) is 0 Å². The summed E-state index contributed by atoms with van der Waals surface area (Å²) in [5, 5.41) is 12.2. The third kappa shape index (κ3) is 3.04. The summed E-state index contributed by atoms with van der Waals surface area (Å²) in [6.07, 6.45) is 4.79. The van der Waals surface area contributed by atoms with E-state index in [0.717, 1.165) is 18.5 Å². The molecule has 0 saturated carbocycles. The molecule has 2 heteroatoms. The van der Waals surface area contributed by atoms with Crippen molar-refractivity contribution in [2.45, 2.75) is 31.7 Å². The van der Waals surface area contributed by atoms with E-state index in [-0.39, 0.29) is 6.61 Å². The highest BCUT2D eigenvalue weighted by atomic mass is 16.3. The zero-order chi connectivity index (χ0) is 8.10. The summed E-state index contributed by atoms with van der Waals surface area (Å²) < 4.78 is 0. The Morgan fingerprint density at radius 2 is 2.36 bits per heavy atom. The van der Waals surface area contributed by atoms with Gasteiger partial charge in [0.25, 0.3) is 0 Å². The minimum Gasteiger partial charge on any atom is -0.392 e. The van der Waals surface area contributed by atoms with Crippen molar-refractivity contribution in [3.8, 4) is 0 Å². The van der Waals surface area contributed by atoms with Gasteiger partial charge < -0.3 is 10.4 Å². The van der Waals surface area contributed by atoms with E-state index in [4.69, 9.17) is 5.11 Å². The molecule has 1 unspecified atom stereocenters. The molecule has 1 atom stereocenters. The van der Waals surface area contributed by atoms with Crippen LogP contribution >= 0.6 is 0 Å². The van der Waals surface area contributed by atoms with E-state index >= 15 is 0 Å². The van der Waals surface area contributed by atoms with E-state index < -0.39 is 0 Å². The molecule has 0 aromatic heterocycles. The van der Waals surface area contributed by atoms with Gasteiger partial charge in [-0.05, 0) is 25.8 Å². The summed E-state index contributed by atoms with van der Waals surface area (Å²) >= 11 is 0. The highest BCUT2D eigenvalue weighted by molar-refractivity contribution is 4.97. The largest absolute Gasteiger partial charge is 0.392 e. The third-order valence-electron chi connectivity index (χ3n) is 2.17. The average Bonchev–Trinajstić information content (AvgIpc) is 2.06. The minimum atomic E-state index is 0.137. The molecule has 1 rings (SSSR count). The van der Waals surface area contributed by atoms with Crippen LogP contribution in [0.2, 0.25) is 0 Å². The third-order valence-corrected chi connectivity index (χ3v) is 2.17. The van der Waals surface area contributed by atoms with Crippen LogP contribution in [0.4, 0.5) is 0 Å². The standard InChI is InChI=1S/C9H17NO/c1-8(7-11)6-9-4-2-3-5-10-9/h9-11H,1-7H2. The van der Waals surface area contributed by atoms with Crippen molar-refractivity contribution in [2.24, 2.45) is 0 Å². The molecule has 0 amide bonds. The Bertz CT molecular complexity index is 128. The van der Waals surface area contributed by atoms with Crippen molar-refractivity contribution in [3.63, 3.8) is 0 Å². The molecular formula is C9H17NO. The molecule has 11 heavy (non-hydrogen) atoms. The van der Waals surface area contributed by atoms with Crippen LogP contribution in [0.3, 0.4) is 0 Å². The number of aliphatic hydroxyl groups excluding tert-OH is 1. The van der Waals surface area contributed by atoms with Crippen molar-refractivity contribution in [1.29, 1.82) is 0 Å². The van der Waals surface area contributed by atoms with Crippen LogP contribution in [0.1, 0.15) is 25.7 Å². The van der Waals surface area contributed by atoms with Crippen LogP contribution in [-0.2, 0) is 0 Å². The second kappa shape index (κ2) is 4.52. The van der Waals surface area contributed by atoms with Crippen LogP contribution in [0.25, 0.3) is 0 Å². The molecule has 1 heterocycles. The molecule has 1 aliphatic rings. The van der Waals surface area contributed by atoms with Gasteiger partial charge in [-0.15, -0.1) is 0 Å². The molecule has 0 bridgehead atoms. The van der Waals surface area contributed by atoms with Crippen LogP contribution in [0.15, 0.2) is 12.2 Å². The van der Waals surface area contributed by atoms with Crippen LogP contribution in [0, 0.1) is 0 Å². The van der Waals surface area contributed by atoms with Gasteiger partial charge in [0.15, 0.2) is 0 Å². The maximum absolute atomic E-state index is 8.74. The normalized spacial score (nSPS) is 25.0. The number of piperidine rings is 1. The van der Waals surface area contributed by atoms with E-state index in [0.29, 0.717) is 6.04 Å². The molecule has 2 nitrogen and oxygen atoms in total. The minimum absolute atomic E-state index is 0.137. The lowest BCUT2D eigenvalue weighted by Gasteiger charge is -2.23. The monoisotopic (exact) mass is 155 g/mol. The highest BCUT2D eigenvalue weighted by Gasteiger charge is 2.12. The summed E-state index contributed by atoms with van der Waals surface area (Å²) in [5.41, 5.74) is 0.949. The SMILES string of the molecule is C=C(CO)CC1CCCCN1. The fourth-order valence-corrected chi connectivity index (χ4v) is 1.51. The summed E-state index contributed by atoms with van der Waals surface area (Å²) in [6.45, 7) is 5.04. The molecule has 0 aliphatic carbocycles. The van der Waals surface area contributed by atoms with Crippen LogP contribution in [-0.4, -0.2) is 24.3 Å². The lowest BCUT2D eigenvalue weighted by atomic mass is 9.99. The van der Waals surface area contributed by atoms with E-state index in [2.05, 4.69) is 11.9 Å². The molecule has 1 saturated heterocycles. The second-order valence-electron chi connectivity index (χ2n) is 3.26. The van der Waals surface area contributed by atoms with E-state index in [1.165, 1.54) is 19.3 Å². The Labute approximate surface area is 68.3 Å². The van der Waals surface area contributed by atoms with Crippen LogP contribution < -0.4 is 5.32 Å². The number of nitrogens with one attached hydrogen (secondary N) is 1. The van der Waals surface area contributed by atoms with Gasteiger partial charge in [0.05, 0.1) is 6.61 Å². The number of hydrogen-bond acceptors (Lipinski definition) is 2. The van der Waals surface area contributed by atoms with Gasteiger partial charge in [0.1, 0.15) is 0 Å². The van der Waals surface area contributed by atoms with Gasteiger partial charge >= 0.3 is 0 Å². The van der Waals surface area contributed by atoms with Gasteiger partial charge in [0, 0.05) is 6.04 Å². The van der Waals surface area contributed by atoms with E-state index in [9.17, 15) is 0 Å². The molecule has 1 aliphatic heterocycles. The number of aliphatic hydroxyl groups is 1. The van der Waals surface area contributed by atoms with Crippen molar-refractivity contribution < 1.29 is 5.11 Å². The molecular weight excluding hydrogens is 138 g/mol. The van der Waals surface area contributed by atoms with Crippen molar-refractivity contribution in [2.75, 3.05) is 13.2 Å². The molecule has 1 fully saturated rings. The lowest BCUT2D eigenvalue weighted by molar-refractivity contribution is 0.314. The quantitative estimate of drug-likeness (QED) is 0.597. The fourth-order valence-electron chi connectivity index (χ4n) is 1.51. The Kier molecular flexibility index (Phi) is 3.60. The Hall–Kier alpha value is -0.340. The topological polar surface area (TPSA) is 32.3 Å². The molecule has 0 spiro atoms. The first kappa shape index (κ1) is 8.75. The van der Waals surface area contributed by atoms with E-state index in [1.54, 1.807) is 0 Å². The summed E-state index contributed by atoms with van der Waals surface area (Å²) in [5.74, 6) is 0. The van der Waals surface area contributed by atoms with Gasteiger partial charge in [-0.3, -0.25) is 0 Å². The fraction of sp³-hybridized carbons (Fsp3) is 0.778. The summed E-state index contributed by atoms with van der Waals surface area (Å²) in [6, 6.07) is 0.573. The first-order valence-electron chi connectivity index (χ1n) is 4.34. The maximum atomic E-state index is 8.74. The first-order chi connectivity index (χ1) is 5.33. The summed E-state index contributed by atoms with van der Waals surface area (Å²) in [4.78, 5) is 0. The van der Waals surface area contributed by atoms with Gasteiger partial charge in [0.2, 0.25) is 0 Å². The van der Waals surface area contributed by atoms with Crippen molar-refractivity contribution in [1.82, 2.24) is 5.32 Å². The Morgan fingerprint density at radius 3 is 2.91 bits per heavy atom. The van der Waals surface area contributed by atoms with Crippen molar-refractivity contribution in [3.05, 3.63) is 12.2 Å². The maximum Gasteiger partial charge on any atom is 0.0639 e. The van der Waals surface area contributed by atoms with Gasteiger partial charge in [-0.25, -0.2) is 0 Å². The molecule has 2 N–H and O–H groups in total. The highest BCUT2D eigenvalue weighted by Crippen LogP contribution is 2.13. The summed E-state index contributed by atoms with van der Waals surface area (Å²) in [7, 11) is 0. The average molecular weight is 155 g/mol. The zero-order valence-corrected chi connectivity index (χ0v) is 6.97. The lowest BCUT2D eigenvalue weighted by Crippen LogP contribution is -2.34. The first-order valence-corrected chi connectivity index (χ1v) is 4.34. The van der Waals surface area contributed by atoms with Crippen LogP contribution in [0.5, 0.6) is 0 Å². The van der Waals surface area contributed by atoms with Crippen molar-refractivity contribution >= 4 is 0 Å². The number of rotatable bonds is 3. The Morgan fingerprint density at radius 1 is 1.55 bits per heavy atom. The zero-order valence-electron chi connectivity index (χ0n) is 6.97. The molecule has 0 aromatic carbocycles. The Balaban J connectivity index is 2.19. The van der Waals surface area contributed by atoms with Gasteiger partial charge in [-0.1, -0.05) is 18.6 Å². The smallest absolute Gasteiger partial charge is 0.0639 e. The number of hydrogen-bond donors (Lipinski definition) is 2. The molecule has 0 radical (unpaired) electrons. The predicted molar refractivity (Wildman–Crippen MR) is 46.5 cm³/mol. The second-order valence-corrected chi connectivity index (χ2v) is 3.26. The molecule has 64 valence electrons. The van der Waals surface area contributed by atoms with E-state index in [1.807, 2.05) is 0 Å². The predicted octanol–water partition coefficient (Wildman–Crippen LogP) is 1.07. The molecule has 0 aromatic rings.